The summed E-state index contributed by atoms with van der Waals surface area (Å²) in [5, 5.41) is 5.77. The van der Waals surface area contributed by atoms with Gasteiger partial charge in [-0.25, -0.2) is 8.78 Å². The van der Waals surface area contributed by atoms with Crippen LogP contribution in [0.3, 0.4) is 0 Å². The number of carbonyl (C=O) groups excluding carboxylic acids is 1. The van der Waals surface area contributed by atoms with E-state index in [4.69, 9.17) is 9.47 Å². The summed E-state index contributed by atoms with van der Waals surface area (Å²) in [5.74, 6) is 0.154. The van der Waals surface area contributed by atoms with Crippen LogP contribution in [0.1, 0.15) is 18.1 Å². The summed E-state index contributed by atoms with van der Waals surface area (Å²) >= 11 is 1.27. The average molecular weight is 469 g/mol. The number of benzene rings is 3. The van der Waals surface area contributed by atoms with Crippen molar-refractivity contribution in [2.24, 2.45) is 0 Å². The van der Waals surface area contributed by atoms with Crippen LogP contribution in [0.5, 0.6) is 11.5 Å². The van der Waals surface area contributed by atoms with E-state index in [0.717, 1.165) is 11.1 Å². The Morgan fingerprint density at radius 3 is 2.58 bits per heavy atom. The molecule has 0 bridgehead atoms. The Balaban J connectivity index is 1.46. The van der Waals surface area contributed by atoms with Gasteiger partial charge in [0.1, 0.15) is 18.2 Å². The number of rotatable bonds is 8. The van der Waals surface area contributed by atoms with Crippen molar-refractivity contribution in [1.29, 1.82) is 0 Å². The molecule has 8 heteroatoms. The molecule has 0 saturated carbocycles. The second-order valence-electron chi connectivity index (χ2n) is 7.16. The number of ether oxygens (including phenoxy) is 2. The van der Waals surface area contributed by atoms with Crippen LogP contribution < -0.4 is 20.1 Å². The number of thioether (sulfide) groups is 1. The number of para-hydroxylation sites is 1. The first kappa shape index (κ1) is 22.7. The zero-order chi connectivity index (χ0) is 23.2. The third-order valence-electron chi connectivity index (χ3n) is 4.76. The first-order valence-corrected chi connectivity index (χ1v) is 11.2. The van der Waals surface area contributed by atoms with Gasteiger partial charge in [-0.1, -0.05) is 42.1 Å². The van der Waals surface area contributed by atoms with E-state index in [9.17, 15) is 13.6 Å². The van der Waals surface area contributed by atoms with Gasteiger partial charge in [0.05, 0.1) is 17.2 Å². The molecular weight excluding hydrogens is 446 g/mol. The van der Waals surface area contributed by atoms with E-state index < -0.39 is 5.50 Å². The van der Waals surface area contributed by atoms with Crippen LogP contribution >= 0.6 is 11.8 Å². The summed E-state index contributed by atoms with van der Waals surface area (Å²) < 4.78 is 38.5. The Kier molecular flexibility index (Phi) is 7.14. The maximum atomic E-state index is 13.9. The number of nitrogens with one attached hydrogen (secondary N) is 2. The zero-order valence-electron chi connectivity index (χ0n) is 17.8. The standard InChI is InChI=1S/C25H22F2N2O3S/c1-2-31-22-13-17(9-12-21(22)32-15-16-7-10-18(26)11-8-16)14-23-24(30)29-25(33-23)28-20-6-4-3-5-19(20)27/h3-14,25,28H,2,15H2,1H3,(H,29,30)/b23-14-. The van der Waals surface area contributed by atoms with E-state index in [-0.39, 0.29) is 24.1 Å². The Hall–Kier alpha value is -3.52. The predicted octanol–water partition coefficient (Wildman–Crippen LogP) is 5.54. The van der Waals surface area contributed by atoms with Crippen LogP contribution in [0.25, 0.3) is 6.08 Å². The molecule has 5 nitrogen and oxygen atoms in total. The molecule has 1 atom stereocenters. The molecule has 2 N–H and O–H groups in total. The van der Waals surface area contributed by atoms with Crippen molar-refractivity contribution in [1.82, 2.24) is 5.32 Å². The number of amides is 1. The highest BCUT2D eigenvalue weighted by Gasteiger charge is 2.27. The molecule has 1 aliphatic rings. The fraction of sp³-hybridized carbons (Fsp3) is 0.160. The first-order valence-electron chi connectivity index (χ1n) is 10.4. The summed E-state index contributed by atoms with van der Waals surface area (Å²) in [5.41, 5.74) is 1.43. The van der Waals surface area contributed by atoms with Crippen molar-refractivity contribution in [2.75, 3.05) is 11.9 Å². The molecule has 0 aliphatic carbocycles. The summed E-state index contributed by atoms with van der Waals surface area (Å²) in [6.07, 6.45) is 1.75. The van der Waals surface area contributed by atoms with E-state index in [2.05, 4.69) is 10.6 Å². The van der Waals surface area contributed by atoms with Crippen molar-refractivity contribution < 1.29 is 23.0 Å². The van der Waals surface area contributed by atoms with Crippen molar-refractivity contribution in [3.63, 3.8) is 0 Å². The van der Waals surface area contributed by atoms with Gasteiger partial charge in [-0.05, 0) is 60.5 Å². The minimum Gasteiger partial charge on any atom is -0.490 e. The molecule has 1 aliphatic heterocycles. The van der Waals surface area contributed by atoms with Crippen molar-refractivity contribution >= 4 is 29.4 Å². The molecule has 3 aromatic rings. The summed E-state index contributed by atoms with van der Waals surface area (Å²) in [6.45, 7) is 2.58. The highest BCUT2D eigenvalue weighted by Crippen LogP contribution is 2.34. The topological polar surface area (TPSA) is 59.6 Å². The van der Waals surface area contributed by atoms with Crippen molar-refractivity contribution in [3.05, 3.63) is 94.4 Å². The van der Waals surface area contributed by atoms with Crippen molar-refractivity contribution in [2.45, 2.75) is 19.0 Å². The highest BCUT2D eigenvalue weighted by molar-refractivity contribution is 8.05. The van der Waals surface area contributed by atoms with E-state index in [1.165, 1.54) is 30.0 Å². The maximum Gasteiger partial charge on any atom is 0.260 e. The highest BCUT2D eigenvalue weighted by atomic mass is 32.2. The van der Waals surface area contributed by atoms with Crippen LogP contribution in [0.2, 0.25) is 0 Å². The SMILES string of the molecule is CCOc1cc(/C=C2\SC(Nc3ccccc3F)NC2=O)ccc1OCc1ccc(F)cc1. The molecular formula is C25H22F2N2O3S. The van der Waals surface area contributed by atoms with Gasteiger partial charge in [0, 0.05) is 0 Å². The number of hydrogen-bond donors (Lipinski definition) is 2. The fourth-order valence-electron chi connectivity index (χ4n) is 3.18. The zero-order valence-corrected chi connectivity index (χ0v) is 18.6. The molecule has 3 aromatic carbocycles. The lowest BCUT2D eigenvalue weighted by atomic mass is 10.2. The number of halogens is 2. The van der Waals surface area contributed by atoms with Gasteiger partial charge in [-0.3, -0.25) is 4.79 Å². The van der Waals surface area contributed by atoms with E-state index in [0.29, 0.717) is 28.7 Å². The van der Waals surface area contributed by atoms with Gasteiger partial charge < -0.3 is 20.1 Å². The summed E-state index contributed by atoms with van der Waals surface area (Å²) in [6, 6.07) is 17.8. The maximum absolute atomic E-state index is 13.9. The van der Waals surface area contributed by atoms with Gasteiger partial charge in [-0.2, -0.15) is 0 Å². The molecule has 1 fully saturated rings. The third kappa shape index (κ3) is 5.84. The Morgan fingerprint density at radius 2 is 1.82 bits per heavy atom. The smallest absolute Gasteiger partial charge is 0.260 e. The minimum atomic E-state index is -0.481. The third-order valence-corrected chi connectivity index (χ3v) is 5.79. The summed E-state index contributed by atoms with van der Waals surface area (Å²) in [4.78, 5) is 12.9. The van der Waals surface area contributed by atoms with Gasteiger partial charge in [0.25, 0.3) is 5.91 Å². The minimum absolute atomic E-state index is 0.247. The molecule has 4 rings (SSSR count). The van der Waals surface area contributed by atoms with Gasteiger partial charge in [-0.15, -0.1) is 0 Å². The lowest BCUT2D eigenvalue weighted by Gasteiger charge is -2.13. The quantitative estimate of drug-likeness (QED) is 0.425. The lowest BCUT2D eigenvalue weighted by Crippen LogP contribution is -2.31. The predicted molar refractivity (Wildman–Crippen MR) is 126 cm³/mol. The molecule has 1 heterocycles. The molecule has 1 saturated heterocycles. The van der Waals surface area contributed by atoms with E-state index in [1.54, 1.807) is 48.5 Å². The first-order chi connectivity index (χ1) is 16.0. The monoisotopic (exact) mass is 468 g/mol. The van der Waals surface area contributed by atoms with Crippen LogP contribution in [-0.2, 0) is 11.4 Å². The second-order valence-corrected chi connectivity index (χ2v) is 8.31. The number of hydrogen-bond acceptors (Lipinski definition) is 5. The Bertz CT molecular complexity index is 1170. The molecule has 1 amide bonds. The molecule has 0 spiro atoms. The van der Waals surface area contributed by atoms with E-state index in [1.807, 2.05) is 13.0 Å². The Labute approximate surface area is 194 Å². The normalized spacial score (nSPS) is 16.5. The lowest BCUT2D eigenvalue weighted by molar-refractivity contribution is -0.116. The van der Waals surface area contributed by atoms with Gasteiger partial charge >= 0.3 is 0 Å². The molecule has 170 valence electrons. The average Bonchev–Trinajstić information content (AvgIpc) is 3.14. The fourth-order valence-corrected chi connectivity index (χ4v) is 4.16. The molecule has 0 radical (unpaired) electrons. The Morgan fingerprint density at radius 1 is 1.03 bits per heavy atom. The van der Waals surface area contributed by atoms with E-state index >= 15 is 0 Å². The van der Waals surface area contributed by atoms with Crippen molar-refractivity contribution in [3.8, 4) is 11.5 Å². The second kappa shape index (κ2) is 10.4. The van der Waals surface area contributed by atoms with Crippen LogP contribution in [0.4, 0.5) is 14.5 Å². The largest absolute Gasteiger partial charge is 0.490 e. The molecule has 33 heavy (non-hydrogen) atoms. The van der Waals surface area contributed by atoms with Crippen LogP contribution in [0.15, 0.2) is 71.6 Å². The molecule has 1 unspecified atom stereocenters. The number of carbonyl (C=O) groups is 1. The van der Waals surface area contributed by atoms with Crippen LogP contribution in [0, 0.1) is 11.6 Å². The molecule has 0 aromatic heterocycles. The van der Waals surface area contributed by atoms with Gasteiger partial charge in [0.2, 0.25) is 0 Å². The number of anilines is 1. The summed E-state index contributed by atoms with van der Waals surface area (Å²) in [7, 11) is 0. The van der Waals surface area contributed by atoms with Gasteiger partial charge in [0.15, 0.2) is 17.0 Å². The van der Waals surface area contributed by atoms with Crippen LogP contribution in [-0.4, -0.2) is 18.0 Å².